The van der Waals surface area contributed by atoms with E-state index in [0.717, 1.165) is 0 Å². The Balaban J connectivity index is 1.54. The Hall–Kier alpha value is -3.40. The number of morpholine rings is 1. The molecule has 10 heteroatoms. The minimum absolute atomic E-state index is 0.0976. The van der Waals surface area contributed by atoms with Gasteiger partial charge in [0.25, 0.3) is 5.56 Å². The maximum absolute atomic E-state index is 12.6. The molecule has 1 aromatic carbocycles. The van der Waals surface area contributed by atoms with Gasteiger partial charge in [-0.05, 0) is 25.5 Å². The number of aromatic nitrogens is 2. The molecule has 1 aromatic heterocycles. The molecule has 0 unspecified atom stereocenters. The summed E-state index contributed by atoms with van der Waals surface area (Å²) >= 11 is 0. The monoisotopic (exact) mass is 443 g/mol. The number of benzene rings is 1. The molecule has 2 amide bonds. The number of anilines is 2. The van der Waals surface area contributed by atoms with Crippen LogP contribution in [0.4, 0.5) is 11.6 Å². The largest absolute Gasteiger partial charge is 0.497 e. The number of ether oxygens (including phenoxy) is 2. The minimum atomic E-state index is -0.320. The molecule has 1 fully saturated rings. The van der Waals surface area contributed by atoms with Crippen molar-refractivity contribution in [3.05, 3.63) is 45.9 Å². The number of methoxy groups -OCH3 is 1. The molecule has 2 aromatic rings. The summed E-state index contributed by atoms with van der Waals surface area (Å²) in [5, 5.41) is 2.74. The first-order chi connectivity index (χ1) is 15.4. The van der Waals surface area contributed by atoms with Gasteiger partial charge in [-0.1, -0.05) is 6.07 Å². The molecule has 1 aliphatic heterocycles. The first kappa shape index (κ1) is 23.3. The van der Waals surface area contributed by atoms with Crippen LogP contribution < -0.4 is 20.5 Å². The maximum Gasteiger partial charge on any atom is 0.255 e. The highest BCUT2D eigenvalue weighted by atomic mass is 16.5. The fourth-order valence-corrected chi connectivity index (χ4v) is 3.44. The summed E-state index contributed by atoms with van der Waals surface area (Å²) in [6.45, 7) is 4.20. The molecule has 3 rings (SSSR count). The van der Waals surface area contributed by atoms with E-state index in [0.29, 0.717) is 54.9 Å². The predicted molar refractivity (Wildman–Crippen MR) is 120 cm³/mol. The van der Waals surface area contributed by atoms with Crippen molar-refractivity contribution in [1.29, 1.82) is 0 Å². The summed E-state index contributed by atoms with van der Waals surface area (Å²) in [6, 6.07) is 6.98. The quantitative estimate of drug-likeness (QED) is 0.624. The molecule has 172 valence electrons. The van der Waals surface area contributed by atoms with Crippen molar-refractivity contribution in [2.24, 2.45) is 0 Å². The number of amides is 2. The third-order valence-corrected chi connectivity index (χ3v) is 5.27. The van der Waals surface area contributed by atoms with E-state index in [1.54, 1.807) is 45.3 Å². The number of nitrogens with one attached hydrogen (secondary N) is 2. The van der Waals surface area contributed by atoms with Gasteiger partial charge in [-0.3, -0.25) is 19.4 Å². The molecule has 0 aliphatic carbocycles. The van der Waals surface area contributed by atoms with Crippen LogP contribution in [0.2, 0.25) is 0 Å². The number of nitrogens with zero attached hydrogens (tertiary/aromatic N) is 3. The number of rotatable bonds is 8. The highest BCUT2D eigenvalue weighted by Crippen LogP contribution is 2.16. The zero-order valence-corrected chi connectivity index (χ0v) is 18.6. The Morgan fingerprint density at radius 3 is 2.75 bits per heavy atom. The third-order valence-electron chi connectivity index (χ3n) is 5.27. The second-order valence-electron chi connectivity index (χ2n) is 7.58. The van der Waals surface area contributed by atoms with Gasteiger partial charge in [-0.25, -0.2) is 4.98 Å². The number of carbonyl (C=O) groups excluding carboxylic acids is 2. The molecule has 0 saturated carbocycles. The average molecular weight is 444 g/mol. The Morgan fingerprint density at radius 2 is 2.06 bits per heavy atom. The standard InChI is InChI=1S/C22H29N5O5/c1-15-18(21(30)25-22(23-15)27-9-11-32-12-10-27)7-8-20(29)26(2)14-19(28)24-16-5-4-6-17(13-16)31-3/h4-6,13H,7-12,14H2,1-3H3,(H,24,28)(H,23,25,30). The second-order valence-corrected chi connectivity index (χ2v) is 7.58. The highest BCUT2D eigenvalue weighted by molar-refractivity contribution is 5.94. The number of H-pyrrole nitrogens is 1. The Kier molecular flexibility index (Phi) is 7.82. The average Bonchev–Trinajstić information content (AvgIpc) is 2.78. The van der Waals surface area contributed by atoms with Crippen LogP contribution in [-0.2, 0) is 20.7 Å². The van der Waals surface area contributed by atoms with Crippen LogP contribution in [0, 0.1) is 6.92 Å². The molecule has 10 nitrogen and oxygen atoms in total. The number of hydrogen-bond acceptors (Lipinski definition) is 7. The maximum atomic E-state index is 12.6. The summed E-state index contributed by atoms with van der Waals surface area (Å²) in [5.41, 5.74) is 1.42. The summed E-state index contributed by atoms with van der Waals surface area (Å²) in [7, 11) is 3.11. The van der Waals surface area contributed by atoms with E-state index in [4.69, 9.17) is 9.47 Å². The van der Waals surface area contributed by atoms with E-state index < -0.39 is 0 Å². The van der Waals surface area contributed by atoms with Gasteiger partial charge in [0.1, 0.15) is 5.75 Å². The van der Waals surface area contributed by atoms with Crippen LogP contribution in [0.5, 0.6) is 5.75 Å². The van der Waals surface area contributed by atoms with Crippen LogP contribution in [0.15, 0.2) is 29.1 Å². The normalized spacial score (nSPS) is 13.5. The fraction of sp³-hybridized carbons (Fsp3) is 0.455. The van der Waals surface area contributed by atoms with E-state index in [9.17, 15) is 14.4 Å². The summed E-state index contributed by atoms with van der Waals surface area (Å²) in [6.07, 6.45) is 0.351. The van der Waals surface area contributed by atoms with Crippen LogP contribution in [-0.4, -0.2) is 73.7 Å². The molecule has 2 N–H and O–H groups in total. The van der Waals surface area contributed by atoms with Crippen molar-refractivity contribution in [3.63, 3.8) is 0 Å². The summed E-state index contributed by atoms with van der Waals surface area (Å²) in [5.74, 6) is 0.597. The molecule has 0 atom stereocenters. The van der Waals surface area contributed by atoms with Crippen LogP contribution in [0.3, 0.4) is 0 Å². The molecule has 1 aliphatic rings. The van der Waals surface area contributed by atoms with Gasteiger partial charge in [0.05, 0.1) is 26.9 Å². The zero-order chi connectivity index (χ0) is 23.1. The van der Waals surface area contributed by atoms with Gasteiger partial charge in [0, 0.05) is 49.6 Å². The lowest BCUT2D eigenvalue weighted by Crippen LogP contribution is -2.39. The zero-order valence-electron chi connectivity index (χ0n) is 18.6. The lowest BCUT2D eigenvalue weighted by molar-refractivity contribution is -0.133. The first-order valence-electron chi connectivity index (χ1n) is 10.5. The number of carbonyl (C=O) groups is 2. The lowest BCUT2D eigenvalue weighted by atomic mass is 10.1. The number of aryl methyl sites for hydroxylation is 1. The van der Waals surface area contributed by atoms with Gasteiger partial charge in [-0.15, -0.1) is 0 Å². The van der Waals surface area contributed by atoms with Crippen LogP contribution >= 0.6 is 0 Å². The predicted octanol–water partition coefficient (Wildman–Crippen LogP) is 0.953. The van der Waals surface area contributed by atoms with Gasteiger partial charge in [0.2, 0.25) is 17.8 Å². The van der Waals surface area contributed by atoms with E-state index >= 15 is 0 Å². The molecule has 1 saturated heterocycles. The molecular weight excluding hydrogens is 414 g/mol. The third kappa shape index (κ3) is 6.07. The topological polar surface area (TPSA) is 117 Å². The highest BCUT2D eigenvalue weighted by Gasteiger charge is 2.18. The molecule has 0 radical (unpaired) electrons. The van der Waals surface area contributed by atoms with E-state index in [-0.39, 0.29) is 36.8 Å². The minimum Gasteiger partial charge on any atom is -0.497 e. The Labute approximate surface area is 186 Å². The molecule has 2 heterocycles. The molecule has 0 bridgehead atoms. The summed E-state index contributed by atoms with van der Waals surface area (Å²) < 4.78 is 10.5. The molecule has 0 spiro atoms. The van der Waals surface area contributed by atoms with Crippen molar-refractivity contribution in [1.82, 2.24) is 14.9 Å². The van der Waals surface area contributed by atoms with Gasteiger partial charge in [-0.2, -0.15) is 0 Å². The Morgan fingerprint density at radius 1 is 1.31 bits per heavy atom. The van der Waals surface area contributed by atoms with Gasteiger partial charge in [0.15, 0.2) is 0 Å². The number of likely N-dealkylation sites (N-methyl/N-ethyl adjacent to an activating group) is 1. The number of hydrogen-bond donors (Lipinski definition) is 2. The fourth-order valence-electron chi connectivity index (χ4n) is 3.44. The smallest absolute Gasteiger partial charge is 0.255 e. The van der Waals surface area contributed by atoms with E-state index in [2.05, 4.69) is 15.3 Å². The van der Waals surface area contributed by atoms with Crippen LogP contribution in [0.1, 0.15) is 17.7 Å². The van der Waals surface area contributed by atoms with E-state index in [1.807, 2.05) is 4.90 Å². The second kappa shape index (κ2) is 10.8. The van der Waals surface area contributed by atoms with Crippen molar-refractivity contribution >= 4 is 23.5 Å². The molecule has 32 heavy (non-hydrogen) atoms. The lowest BCUT2D eigenvalue weighted by Gasteiger charge is -2.27. The Bertz CT molecular complexity index is 1020. The van der Waals surface area contributed by atoms with Crippen molar-refractivity contribution < 1.29 is 19.1 Å². The molecular formula is C22H29N5O5. The first-order valence-corrected chi connectivity index (χ1v) is 10.5. The summed E-state index contributed by atoms with van der Waals surface area (Å²) in [4.78, 5) is 48.0. The van der Waals surface area contributed by atoms with Crippen molar-refractivity contribution in [2.75, 3.05) is 57.2 Å². The van der Waals surface area contributed by atoms with Crippen LogP contribution in [0.25, 0.3) is 0 Å². The van der Waals surface area contributed by atoms with Crippen molar-refractivity contribution in [2.45, 2.75) is 19.8 Å². The van der Waals surface area contributed by atoms with Gasteiger partial charge >= 0.3 is 0 Å². The van der Waals surface area contributed by atoms with Gasteiger partial charge < -0.3 is 24.6 Å². The number of aromatic amines is 1. The van der Waals surface area contributed by atoms with E-state index in [1.165, 1.54) is 4.90 Å². The van der Waals surface area contributed by atoms with Crippen molar-refractivity contribution in [3.8, 4) is 5.75 Å². The SMILES string of the molecule is COc1cccc(NC(=O)CN(C)C(=O)CCc2c(C)nc(N3CCOCC3)[nH]c2=O)c1.